The van der Waals surface area contributed by atoms with E-state index in [1.54, 1.807) is 24.4 Å². The molecule has 17 heavy (non-hydrogen) atoms. The van der Waals surface area contributed by atoms with Crippen LogP contribution >= 0.6 is 0 Å². The van der Waals surface area contributed by atoms with Gasteiger partial charge in [-0.25, -0.2) is 4.57 Å². The van der Waals surface area contributed by atoms with Crippen LogP contribution in [0.4, 0.5) is 0 Å². The molecule has 0 N–H and O–H groups in total. The molecule has 0 aliphatic heterocycles. The quantitative estimate of drug-likeness (QED) is 0.698. The molecule has 2 aromatic rings. The Kier molecular flexibility index (Phi) is 1.92. The number of aromatic nitrogens is 1. The zero-order chi connectivity index (χ0) is 16.7. The van der Waals surface area contributed by atoms with E-state index in [-0.39, 0.29) is 0 Å². The molecule has 0 unspecified atom stereocenters. The monoisotopic (exact) mass is 231 g/mol. The van der Waals surface area contributed by atoms with E-state index in [1.807, 2.05) is 30.7 Å². The maximum Gasteiger partial charge on any atom is 0.212 e. The van der Waals surface area contributed by atoms with Crippen LogP contribution in [0.5, 0.6) is 0 Å². The molecular formula is C16H20N+. The molecule has 0 saturated heterocycles. The van der Waals surface area contributed by atoms with E-state index in [9.17, 15) is 0 Å². The number of hydrogen-bond donors (Lipinski definition) is 0. The summed E-state index contributed by atoms with van der Waals surface area (Å²) in [6, 6.07) is 8.77. The van der Waals surface area contributed by atoms with Crippen molar-refractivity contribution in [2.75, 3.05) is 0 Å². The van der Waals surface area contributed by atoms with Crippen LogP contribution in [0.25, 0.3) is 11.3 Å². The molecule has 1 aromatic heterocycles. The molecule has 2 rings (SSSR count). The molecule has 0 bridgehead atoms. The van der Waals surface area contributed by atoms with Crippen LogP contribution < -0.4 is 4.57 Å². The fraction of sp³-hybridized carbons (Fsp3) is 0.312. The zero-order valence-corrected chi connectivity index (χ0v) is 10.4. The standard InChI is InChI=1S/C16H20N/c1-5-14-7-9-16(17(4)11-14)15-8-6-12(2)10-13(15)3/h6-11H,5H2,1-4H3/q+1/i2D3,5D2. The third kappa shape index (κ3) is 2.38. The first kappa shape index (κ1) is 6.95. The summed E-state index contributed by atoms with van der Waals surface area (Å²) in [7, 11) is 1.86. The summed E-state index contributed by atoms with van der Waals surface area (Å²) in [5, 5.41) is 0. The van der Waals surface area contributed by atoms with Gasteiger partial charge in [-0.3, -0.25) is 0 Å². The van der Waals surface area contributed by atoms with Crippen molar-refractivity contribution in [3.05, 3.63) is 53.2 Å². The summed E-state index contributed by atoms with van der Waals surface area (Å²) in [6.07, 6.45) is 0.378. The average molecular weight is 231 g/mol. The van der Waals surface area contributed by atoms with Crippen molar-refractivity contribution in [3.63, 3.8) is 0 Å². The van der Waals surface area contributed by atoms with Gasteiger partial charge in [0.05, 0.1) is 0 Å². The lowest BCUT2D eigenvalue weighted by atomic mass is 10.0. The molecule has 0 aliphatic rings. The maximum absolute atomic E-state index is 7.77. The van der Waals surface area contributed by atoms with Gasteiger partial charge in [-0.05, 0) is 37.8 Å². The van der Waals surface area contributed by atoms with Gasteiger partial charge in [0, 0.05) is 24.0 Å². The molecule has 0 saturated carbocycles. The lowest BCUT2D eigenvalue weighted by Crippen LogP contribution is -2.31. The average Bonchev–Trinajstić information content (AvgIpc) is 2.37. The van der Waals surface area contributed by atoms with E-state index in [2.05, 4.69) is 0 Å². The van der Waals surface area contributed by atoms with Crippen molar-refractivity contribution in [1.82, 2.24) is 0 Å². The highest BCUT2D eigenvalue weighted by Crippen LogP contribution is 2.21. The predicted octanol–water partition coefficient (Wildman–Crippen LogP) is 3.36. The molecule has 0 amide bonds. The lowest BCUT2D eigenvalue weighted by molar-refractivity contribution is -0.660. The van der Waals surface area contributed by atoms with E-state index in [0.717, 1.165) is 16.8 Å². The molecule has 0 atom stereocenters. The summed E-state index contributed by atoms with van der Waals surface area (Å²) in [4.78, 5) is 0. The van der Waals surface area contributed by atoms with Gasteiger partial charge in [0.25, 0.3) is 0 Å². The smallest absolute Gasteiger partial charge is 0.201 e. The Morgan fingerprint density at radius 2 is 2.12 bits per heavy atom. The minimum Gasteiger partial charge on any atom is -0.201 e. The third-order valence-corrected chi connectivity index (χ3v) is 2.92. The first-order valence-corrected chi connectivity index (χ1v) is 5.62. The second-order valence-corrected chi connectivity index (χ2v) is 4.19. The molecule has 1 nitrogen and oxygen atoms in total. The van der Waals surface area contributed by atoms with Crippen molar-refractivity contribution in [2.24, 2.45) is 7.05 Å². The van der Waals surface area contributed by atoms with Gasteiger partial charge in [0.2, 0.25) is 5.69 Å². The molecule has 1 aromatic carbocycles. The third-order valence-electron chi connectivity index (χ3n) is 2.92. The lowest BCUT2D eigenvalue weighted by Gasteiger charge is -2.06. The Labute approximate surface area is 111 Å². The fourth-order valence-electron chi connectivity index (χ4n) is 1.99. The molecule has 1 heteroatoms. The molecule has 0 fully saturated rings. The molecule has 0 spiro atoms. The molecular weight excluding hydrogens is 206 g/mol. The van der Waals surface area contributed by atoms with Gasteiger partial charge in [0.1, 0.15) is 7.05 Å². The van der Waals surface area contributed by atoms with E-state index in [0.29, 0.717) is 11.1 Å². The fourth-order valence-corrected chi connectivity index (χ4v) is 1.99. The van der Waals surface area contributed by atoms with Crippen LogP contribution in [0.15, 0.2) is 36.5 Å². The van der Waals surface area contributed by atoms with Crippen molar-refractivity contribution < 1.29 is 11.4 Å². The first-order valence-electron chi connectivity index (χ1n) is 8.12. The van der Waals surface area contributed by atoms with Crippen LogP contribution in [0, 0.1) is 13.8 Å². The topological polar surface area (TPSA) is 3.88 Å². The van der Waals surface area contributed by atoms with Crippen LogP contribution in [-0.2, 0) is 13.4 Å². The second-order valence-electron chi connectivity index (χ2n) is 4.19. The van der Waals surface area contributed by atoms with E-state index >= 15 is 0 Å². The summed E-state index contributed by atoms with van der Waals surface area (Å²) in [5.74, 6) is 0. The number of rotatable bonds is 2. The number of benzene rings is 1. The van der Waals surface area contributed by atoms with Crippen molar-refractivity contribution in [2.45, 2.75) is 27.1 Å². The predicted molar refractivity (Wildman–Crippen MR) is 71.9 cm³/mol. The second kappa shape index (κ2) is 4.70. The summed E-state index contributed by atoms with van der Waals surface area (Å²) in [5.41, 5.74) is 3.69. The minimum atomic E-state index is -2.10. The van der Waals surface area contributed by atoms with E-state index in [4.69, 9.17) is 6.85 Å². The van der Waals surface area contributed by atoms with Crippen molar-refractivity contribution in [1.29, 1.82) is 0 Å². The highest BCUT2D eigenvalue weighted by Gasteiger charge is 2.12. The number of nitrogens with zero attached hydrogens (tertiary/aromatic N) is 1. The minimum absolute atomic E-state index is 0.331. The SMILES string of the molecule is [2H]C([2H])([2H])c1ccc(-c2ccc(C([2H])([2H])C)c[n+]2C)c(C)c1. The van der Waals surface area contributed by atoms with Gasteiger partial charge in [-0.15, -0.1) is 0 Å². The maximum atomic E-state index is 7.77. The molecule has 88 valence electrons. The highest BCUT2D eigenvalue weighted by molar-refractivity contribution is 5.61. The molecule has 0 radical (unpaired) electrons. The van der Waals surface area contributed by atoms with Gasteiger partial charge in [-0.2, -0.15) is 0 Å². The van der Waals surface area contributed by atoms with Crippen molar-refractivity contribution in [3.8, 4) is 11.3 Å². The largest absolute Gasteiger partial charge is 0.212 e. The Bertz CT molecular complexity index is 637. The highest BCUT2D eigenvalue weighted by atomic mass is 14.9. The number of pyridine rings is 1. The van der Waals surface area contributed by atoms with Gasteiger partial charge < -0.3 is 0 Å². The molecule has 1 heterocycles. The Hall–Kier alpha value is -1.63. The Morgan fingerprint density at radius 1 is 1.29 bits per heavy atom. The zero-order valence-electron chi connectivity index (χ0n) is 15.4. The van der Waals surface area contributed by atoms with Crippen LogP contribution in [0.2, 0.25) is 0 Å². The molecule has 0 aliphatic carbocycles. The van der Waals surface area contributed by atoms with Gasteiger partial charge >= 0.3 is 0 Å². The van der Waals surface area contributed by atoms with Crippen LogP contribution in [0.3, 0.4) is 0 Å². The summed E-state index contributed by atoms with van der Waals surface area (Å²) >= 11 is 0. The van der Waals surface area contributed by atoms with Crippen LogP contribution in [0.1, 0.15) is 30.5 Å². The van der Waals surface area contributed by atoms with Crippen LogP contribution in [-0.4, -0.2) is 0 Å². The van der Waals surface area contributed by atoms with E-state index < -0.39 is 13.2 Å². The van der Waals surface area contributed by atoms with Gasteiger partial charge in [-0.1, -0.05) is 24.6 Å². The number of hydrogen-bond acceptors (Lipinski definition) is 0. The van der Waals surface area contributed by atoms with E-state index in [1.165, 1.54) is 6.92 Å². The van der Waals surface area contributed by atoms with Gasteiger partial charge in [0.15, 0.2) is 6.20 Å². The Balaban J connectivity index is 2.49. The summed E-state index contributed by atoms with van der Waals surface area (Å²) < 4.78 is 39.8. The Morgan fingerprint density at radius 3 is 2.71 bits per heavy atom. The first-order chi connectivity index (χ1) is 10.00. The van der Waals surface area contributed by atoms with Crippen molar-refractivity contribution >= 4 is 0 Å². The normalized spacial score (nSPS) is 16.5. The summed E-state index contributed by atoms with van der Waals surface area (Å²) in [6.45, 7) is 1.31. The number of aryl methyl sites for hydroxylation is 4.